The first-order valence-electron chi connectivity index (χ1n) is 7.18. The number of furan rings is 1. The van der Waals surface area contributed by atoms with Crippen molar-refractivity contribution in [3.05, 3.63) is 49.6 Å². The second-order valence-corrected chi connectivity index (χ2v) is 7.22. The number of aliphatic hydroxyl groups excluding tert-OH is 1. The molecule has 0 aliphatic heterocycles. The summed E-state index contributed by atoms with van der Waals surface area (Å²) in [7, 11) is 1.76. The van der Waals surface area contributed by atoms with Crippen LogP contribution >= 0.6 is 38.5 Å². The van der Waals surface area contributed by atoms with Gasteiger partial charge in [-0.3, -0.25) is 4.99 Å². The molecule has 0 atom stereocenters. The maximum atomic E-state index is 9.26. The number of hydrogen-bond donors (Lipinski definition) is 1. The largest absolute Gasteiger partial charge is 0.455 e. The van der Waals surface area contributed by atoms with Crippen molar-refractivity contribution < 1.29 is 9.52 Å². The van der Waals surface area contributed by atoms with Gasteiger partial charge in [-0.25, -0.2) is 0 Å². The van der Waals surface area contributed by atoms with Crippen molar-refractivity contribution in [2.24, 2.45) is 4.99 Å². The zero-order valence-corrected chi connectivity index (χ0v) is 16.6. The zero-order valence-electron chi connectivity index (χ0n) is 12.8. The lowest BCUT2D eigenvalue weighted by Crippen LogP contribution is -2.23. The molecule has 0 spiro atoms. The van der Waals surface area contributed by atoms with Crippen LogP contribution in [0.5, 0.6) is 0 Å². The van der Waals surface area contributed by atoms with E-state index in [1.165, 1.54) is 0 Å². The van der Waals surface area contributed by atoms with E-state index in [2.05, 4.69) is 56.5 Å². The van der Waals surface area contributed by atoms with E-state index in [0.717, 1.165) is 41.4 Å². The normalized spacial score (nSPS) is 12.3. The van der Waals surface area contributed by atoms with Gasteiger partial charge in [0, 0.05) is 29.8 Å². The van der Waals surface area contributed by atoms with Crippen molar-refractivity contribution in [1.82, 2.24) is 4.57 Å². The Morgan fingerprint density at radius 1 is 1.39 bits per heavy atom. The number of pyridine rings is 1. The third-order valence-electron chi connectivity index (χ3n) is 3.82. The minimum atomic E-state index is 0.0736. The Labute approximate surface area is 156 Å². The van der Waals surface area contributed by atoms with Gasteiger partial charge >= 0.3 is 0 Å². The van der Waals surface area contributed by atoms with Crippen molar-refractivity contribution in [3.8, 4) is 11.3 Å². The van der Waals surface area contributed by atoms with Crippen LogP contribution in [-0.4, -0.2) is 23.3 Å². The monoisotopic (exact) mass is 486 g/mol. The quantitative estimate of drug-likeness (QED) is 0.566. The Balaban J connectivity index is 2.31. The van der Waals surface area contributed by atoms with E-state index in [0.29, 0.717) is 6.54 Å². The summed E-state index contributed by atoms with van der Waals surface area (Å²) in [5.74, 6) is 0.823. The van der Waals surface area contributed by atoms with Crippen molar-refractivity contribution in [3.63, 3.8) is 0 Å². The first-order chi connectivity index (χ1) is 11.1. The van der Waals surface area contributed by atoms with Crippen molar-refractivity contribution in [2.45, 2.75) is 13.5 Å². The number of nitrogens with zero attached hydrogens (tertiary/aromatic N) is 2. The topological polar surface area (TPSA) is 50.7 Å². The zero-order chi connectivity index (χ0) is 16.6. The van der Waals surface area contributed by atoms with Crippen LogP contribution in [0.2, 0.25) is 0 Å². The van der Waals surface area contributed by atoms with Gasteiger partial charge in [-0.2, -0.15) is 0 Å². The van der Waals surface area contributed by atoms with Gasteiger partial charge in [0.1, 0.15) is 11.2 Å². The fourth-order valence-electron chi connectivity index (χ4n) is 2.68. The van der Waals surface area contributed by atoms with Crippen LogP contribution in [-0.2, 0) is 6.54 Å². The van der Waals surface area contributed by atoms with Crippen molar-refractivity contribution >= 4 is 49.5 Å². The van der Waals surface area contributed by atoms with Crippen LogP contribution in [0.25, 0.3) is 22.3 Å². The molecule has 2 aromatic heterocycles. The molecule has 0 amide bonds. The van der Waals surface area contributed by atoms with Gasteiger partial charge in [-0.1, -0.05) is 28.1 Å². The molecule has 3 aromatic rings. The highest BCUT2D eigenvalue weighted by molar-refractivity contribution is 14.1. The van der Waals surface area contributed by atoms with Crippen LogP contribution in [0.3, 0.4) is 0 Å². The molecule has 0 aliphatic rings. The van der Waals surface area contributed by atoms with E-state index < -0.39 is 0 Å². The SMILES string of the molecule is CN=c1c2cc(-c3cccc(Br)c3C)oc2c(I)cn1CCO. The first kappa shape index (κ1) is 16.7. The lowest BCUT2D eigenvalue weighted by atomic mass is 10.1. The summed E-state index contributed by atoms with van der Waals surface area (Å²) >= 11 is 5.83. The molecule has 4 nitrogen and oxygen atoms in total. The second kappa shape index (κ2) is 6.78. The van der Waals surface area contributed by atoms with Gasteiger partial charge in [0.25, 0.3) is 0 Å². The van der Waals surface area contributed by atoms with E-state index >= 15 is 0 Å². The van der Waals surface area contributed by atoms with E-state index in [-0.39, 0.29) is 6.61 Å². The summed E-state index contributed by atoms with van der Waals surface area (Å²) in [4.78, 5) is 4.38. The summed E-state index contributed by atoms with van der Waals surface area (Å²) in [5, 5.41) is 10.2. The standard InChI is InChI=1S/C17H16BrIN2O2/c1-10-11(4-3-5-13(10)18)15-8-12-16(23-15)14(19)9-21(6-7-22)17(12)20-2/h3-5,8-9,22H,6-7H2,1-2H3. The number of halogens is 2. The highest BCUT2D eigenvalue weighted by atomic mass is 127. The highest BCUT2D eigenvalue weighted by Crippen LogP contribution is 2.33. The summed E-state index contributed by atoms with van der Waals surface area (Å²) in [5.41, 5.74) is 3.84. The Morgan fingerprint density at radius 2 is 2.17 bits per heavy atom. The fraction of sp³-hybridized carbons (Fsp3) is 0.235. The number of aliphatic hydroxyl groups is 1. The van der Waals surface area contributed by atoms with E-state index in [1.807, 2.05) is 29.0 Å². The summed E-state index contributed by atoms with van der Waals surface area (Å²) in [6, 6.07) is 8.10. The molecule has 23 heavy (non-hydrogen) atoms. The van der Waals surface area contributed by atoms with Gasteiger partial charge in [0.15, 0.2) is 5.58 Å². The van der Waals surface area contributed by atoms with Crippen molar-refractivity contribution in [2.75, 3.05) is 13.7 Å². The predicted octanol–water partition coefficient (Wildman–Crippen LogP) is 4.10. The number of fused-ring (bicyclic) bond motifs is 1. The summed E-state index contributed by atoms with van der Waals surface area (Å²) in [6.07, 6.45) is 1.96. The molecule has 2 heterocycles. The molecule has 0 saturated carbocycles. The number of aromatic nitrogens is 1. The maximum Gasteiger partial charge on any atom is 0.153 e. The minimum Gasteiger partial charge on any atom is -0.455 e. The molecular weight excluding hydrogens is 471 g/mol. The molecule has 6 heteroatoms. The van der Waals surface area contributed by atoms with Gasteiger partial charge < -0.3 is 14.1 Å². The lowest BCUT2D eigenvalue weighted by Gasteiger charge is -2.06. The molecular formula is C17H16BrIN2O2. The van der Waals surface area contributed by atoms with E-state index in [1.54, 1.807) is 7.05 Å². The number of hydrogen-bond acceptors (Lipinski definition) is 3. The molecule has 0 fully saturated rings. The second-order valence-electron chi connectivity index (χ2n) is 5.21. The Morgan fingerprint density at radius 3 is 2.87 bits per heavy atom. The molecule has 3 rings (SSSR count). The van der Waals surface area contributed by atoms with Crippen molar-refractivity contribution in [1.29, 1.82) is 0 Å². The minimum absolute atomic E-state index is 0.0736. The van der Waals surface area contributed by atoms with Crippen LogP contribution in [0, 0.1) is 10.5 Å². The van der Waals surface area contributed by atoms with Gasteiger partial charge in [-0.15, -0.1) is 0 Å². The molecule has 1 N–H and O–H groups in total. The summed E-state index contributed by atoms with van der Waals surface area (Å²) < 4.78 is 10.1. The number of rotatable bonds is 3. The van der Waals surface area contributed by atoms with Crippen LogP contribution < -0.4 is 5.49 Å². The fourth-order valence-corrected chi connectivity index (χ4v) is 3.78. The van der Waals surface area contributed by atoms with Gasteiger partial charge in [0.05, 0.1) is 15.6 Å². The molecule has 1 aromatic carbocycles. The molecule has 0 radical (unpaired) electrons. The van der Waals surface area contributed by atoms with Gasteiger partial charge in [0.2, 0.25) is 0 Å². The predicted molar refractivity (Wildman–Crippen MR) is 103 cm³/mol. The Kier molecular flexibility index (Phi) is 4.93. The van der Waals surface area contributed by atoms with E-state index in [4.69, 9.17) is 4.42 Å². The van der Waals surface area contributed by atoms with Crippen LogP contribution in [0.1, 0.15) is 5.56 Å². The molecule has 0 aliphatic carbocycles. The molecule has 0 saturated heterocycles. The van der Waals surface area contributed by atoms with Crippen LogP contribution in [0.4, 0.5) is 0 Å². The summed E-state index contributed by atoms with van der Waals surface area (Å²) in [6.45, 7) is 2.65. The lowest BCUT2D eigenvalue weighted by molar-refractivity contribution is 0.274. The molecule has 120 valence electrons. The number of benzene rings is 1. The Bertz CT molecular complexity index is 944. The first-order valence-corrected chi connectivity index (χ1v) is 9.05. The Hall–Kier alpha value is -1.12. The third-order valence-corrected chi connectivity index (χ3v) is 5.44. The van der Waals surface area contributed by atoms with Crippen LogP contribution in [0.15, 0.2) is 44.3 Å². The molecule has 0 bridgehead atoms. The smallest absolute Gasteiger partial charge is 0.153 e. The average molecular weight is 487 g/mol. The molecule has 0 unspecified atom stereocenters. The maximum absolute atomic E-state index is 9.26. The van der Waals surface area contributed by atoms with E-state index in [9.17, 15) is 5.11 Å². The highest BCUT2D eigenvalue weighted by Gasteiger charge is 2.15. The van der Waals surface area contributed by atoms with Gasteiger partial charge in [-0.05, 0) is 47.2 Å². The third kappa shape index (κ3) is 2.99. The average Bonchev–Trinajstić information content (AvgIpc) is 2.96.